The highest BCUT2D eigenvalue weighted by Gasteiger charge is 2.53. The Labute approximate surface area is 126 Å². The second-order valence-corrected chi connectivity index (χ2v) is 8.25. The van der Waals surface area contributed by atoms with Crippen LogP contribution >= 0.6 is 0 Å². The fraction of sp³-hybridized carbons (Fsp3) is 0.600. The third-order valence-electron chi connectivity index (χ3n) is 4.94. The molecule has 21 heavy (non-hydrogen) atoms. The van der Waals surface area contributed by atoms with Gasteiger partial charge in [-0.3, -0.25) is 0 Å². The summed E-state index contributed by atoms with van der Waals surface area (Å²) in [5.74, 6) is 1.45. The van der Waals surface area contributed by atoms with Crippen molar-refractivity contribution in [3.8, 4) is 5.75 Å². The molecule has 0 saturated carbocycles. The van der Waals surface area contributed by atoms with Crippen molar-refractivity contribution in [1.82, 2.24) is 9.62 Å². The van der Waals surface area contributed by atoms with E-state index in [1.54, 1.807) is 35.7 Å². The number of fused-ring (bicyclic) bond motifs is 1. The second kappa shape index (κ2) is 4.97. The van der Waals surface area contributed by atoms with E-state index >= 15 is 0 Å². The van der Waals surface area contributed by atoms with Gasteiger partial charge in [0, 0.05) is 18.6 Å². The third-order valence-corrected chi connectivity index (χ3v) is 7.01. The minimum atomic E-state index is -3.46. The van der Waals surface area contributed by atoms with Gasteiger partial charge in [0.25, 0.3) is 0 Å². The summed E-state index contributed by atoms with van der Waals surface area (Å²) in [6.07, 6.45) is 0. The van der Waals surface area contributed by atoms with Gasteiger partial charge in [0.15, 0.2) is 0 Å². The van der Waals surface area contributed by atoms with E-state index in [0.29, 0.717) is 29.0 Å². The Morgan fingerprint density at radius 3 is 2.48 bits per heavy atom. The van der Waals surface area contributed by atoms with Gasteiger partial charge in [0.2, 0.25) is 10.0 Å². The average Bonchev–Trinajstić information content (AvgIpc) is 3.01. The van der Waals surface area contributed by atoms with Crippen LogP contribution in [0, 0.1) is 11.8 Å². The number of ether oxygens (including phenoxy) is 1. The molecule has 2 saturated heterocycles. The lowest BCUT2D eigenvalue weighted by atomic mass is 9.85. The Kier molecular flexibility index (Phi) is 3.50. The van der Waals surface area contributed by atoms with Gasteiger partial charge in [-0.1, -0.05) is 0 Å². The quantitative estimate of drug-likeness (QED) is 0.914. The fourth-order valence-electron chi connectivity index (χ4n) is 3.67. The second-order valence-electron chi connectivity index (χ2n) is 6.39. The maximum Gasteiger partial charge on any atom is 0.243 e. The monoisotopic (exact) mass is 310 g/mol. The molecule has 0 spiro atoms. The molecule has 3 rings (SSSR count). The summed E-state index contributed by atoms with van der Waals surface area (Å²) < 4.78 is 32.7. The number of benzene rings is 1. The summed E-state index contributed by atoms with van der Waals surface area (Å²) >= 11 is 0. The van der Waals surface area contributed by atoms with Crippen molar-refractivity contribution in [2.75, 3.05) is 26.7 Å². The van der Waals surface area contributed by atoms with Gasteiger partial charge in [-0.05, 0) is 56.5 Å². The standard InChI is InChI=1S/C15H22N2O3S/c1-15(2)14-9-16-8-11(14)10-17(15)21(18,19)13-6-4-12(20-3)5-7-13/h4-7,11,14,16H,8-10H2,1-3H3. The molecule has 2 atom stereocenters. The van der Waals surface area contributed by atoms with Crippen LogP contribution < -0.4 is 10.1 Å². The summed E-state index contributed by atoms with van der Waals surface area (Å²) in [7, 11) is -1.89. The summed E-state index contributed by atoms with van der Waals surface area (Å²) in [6.45, 7) is 6.46. The van der Waals surface area contributed by atoms with E-state index in [2.05, 4.69) is 5.32 Å². The Bertz CT molecular complexity index is 625. The summed E-state index contributed by atoms with van der Waals surface area (Å²) in [6, 6.07) is 6.63. The van der Waals surface area contributed by atoms with Gasteiger partial charge in [0.1, 0.15) is 5.75 Å². The van der Waals surface area contributed by atoms with Crippen LogP contribution in [0.5, 0.6) is 5.75 Å². The SMILES string of the molecule is COc1ccc(S(=O)(=O)N2CC3CNCC3C2(C)C)cc1. The predicted molar refractivity (Wildman–Crippen MR) is 80.8 cm³/mol. The minimum Gasteiger partial charge on any atom is -0.497 e. The number of nitrogens with zero attached hydrogens (tertiary/aromatic N) is 1. The first-order valence-electron chi connectivity index (χ1n) is 7.25. The molecule has 0 aromatic heterocycles. The van der Waals surface area contributed by atoms with Gasteiger partial charge >= 0.3 is 0 Å². The molecular weight excluding hydrogens is 288 g/mol. The largest absolute Gasteiger partial charge is 0.497 e. The number of nitrogens with one attached hydrogen (secondary N) is 1. The third kappa shape index (κ3) is 2.25. The molecule has 116 valence electrons. The number of sulfonamides is 1. The van der Waals surface area contributed by atoms with Crippen molar-refractivity contribution >= 4 is 10.0 Å². The topological polar surface area (TPSA) is 58.6 Å². The van der Waals surface area contributed by atoms with Crippen molar-refractivity contribution < 1.29 is 13.2 Å². The van der Waals surface area contributed by atoms with Crippen LogP contribution in [0.3, 0.4) is 0 Å². The van der Waals surface area contributed by atoms with E-state index in [9.17, 15) is 8.42 Å². The number of hydrogen-bond acceptors (Lipinski definition) is 4. The lowest BCUT2D eigenvalue weighted by molar-refractivity contribution is 0.233. The highest BCUT2D eigenvalue weighted by Crippen LogP contribution is 2.43. The predicted octanol–water partition coefficient (Wildman–Crippen LogP) is 1.31. The van der Waals surface area contributed by atoms with E-state index in [1.165, 1.54) is 0 Å². The maximum absolute atomic E-state index is 12.9. The molecule has 2 aliphatic rings. The van der Waals surface area contributed by atoms with E-state index in [0.717, 1.165) is 13.1 Å². The average molecular weight is 310 g/mol. The van der Waals surface area contributed by atoms with Gasteiger partial charge in [-0.2, -0.15) is 4.31 Å². The Balaban J connectivity index is 1.94. The van der Waals surface area contributed by atoms with Crippen molar-refractivity contribution in [3.05, 3.63) is 24.3 Å². The smallest absolute Gasteiger partial charge is 0.243 e. The zero-order valence-corrected chi connectivity index (χ0v) is 13.5. The van der Waals surface area contributed by atoms with Crippen LogP contribution in [0.25, 0.3) is 0 Å². The van der Waals surface area contributed by atoms with Crippen molar-refractivity contribution in [1.29, 1.82) is 0 Å². The summed E-state index contributed by atoms with van der Waals surface area (Å²) in [5.41, 5.74) is -0.354. The van der Waals surface area contributed by atoms with Crippen molar-refractivity contribution in [2.24, 2.45) is 11.8 Å². The lowest BCUT2D eigenvalue weighted by Crippen LogP contribution is -2.47. The van der Waals surface area contributed by atoms with Gasteiger partial charge in [-0.15, -0.1) is 0 Å². The van der Waals surface area contributed by atoms with Gasteiger partial charge in [0.05, 0.1) is 12.0 Å². The first-order valence-corrected chi connectivity index (χ1v) is 8.69. The molecule has 0 aliphatic carbocycles. The summed E-state index contributed by atoms with van der Waals surface area (Å²) in [4.78, 5) is 0.337. The zero-order valence-electron chi connectivity index (χ0n) is 12.7. The highest BCUT2D eigenvalue weighted by molar-refractivity contribution is 7.89. The highest BCUT2D eigenvalue weighted by atomic mass is 32.2. The maximum atomic E-state index is 12.9. The van der Waals surface area contributed by atoms with Crippen LogP contribution in [0.1, 0.15) is 13.8 Å². The molecule has 0 radical (unpaired) electrons. The van der Waals surface area contributed by atoms with Crippen LogP contribution in [-0.4, -0.2) is 45.0 Å². The number of rotatable bonds is 3. The lowest BCUT2D eigenvalue weighted by Gasteiger charge is -2.34. The molecule has 5 nitrogen and oxygen atoms in total. The van der Waals surface area contributed by atoms with E-state index in [4.69, 9.17) is 4.74 Å². The minimum absolute atomic E-state index is 0.337. The van der Waals surface area contributed by atoms with Crippen LogP contribution in [0.4, 0.5) is 0 Å². The molecule has 2 heterocycles. The van der Waals surface area contributed by atoms with E-state index in [1.807, 2.05) is 13.8 Å². The fourth-order valence-corrected chi connectivity index (χ4v) is 5.54. The molecule has 1 N–H and O–H groups in total. The Hall–Kier alpha value is -1.11. The van der Waals surface area contributed by atoms with Gasteiger partial charge in [-0.25, -0.2) is 8.42 Å². The van der Waals surface area contributed by atoms with E-state index in [-0.39, 0.29) is 5.54 Å². The molecular formula is C15H22N2O3S. The van der Waals surface area contributed by atoms with Gasteiger partial charge < -0.3 is 10.1 Å². The molecule has 0 amide bonds. The molecule has 1 aromatic carbocycles. The molecule has 0 bridgehead atoms. The molecule has 2 fully saturated rings. The number of hydrogen-bond donors (Lipinski definition) is 1. The van der Waals surface area contributed by atoms with Crippen LogP contribution in [0.2, 0.25) is 0 Å². The molecule has 1 aromatic rings. The van der Waals surface area contributed by atoms with Crippen molar-refractivity contribution in [3.63, 3.8) is 0 Å². The molecule has 2 unspecified atom stereocenters. The zero-order chi connectivity index (χ0) is 15.3. The van der Waals surface area contributed by atoms with Crippen molar-refractivity contribution in [2.45, 2.75) is 24.3 Å². The van der Waals surface area contributed by atoms with Crippen LogP contribution in [0.15, 0.2) is 29.2 Å². The summed E-state index contributed by atoms with van der Waals surface area (Å²) in [5, 5.41) is 3.37. The van der Waals surface area contributed by atoms with Crippen LogP contribution in [-0.2, 0) is 10.0 Å². The normalized spacial score (nSPS) is 28.5. The first-order chi connectivity index (χ1) is 9.87. The Morgan fingerprint density at radius 2 is 1.90 bits per heavy atom. The first kappa shape index (κ1) is 14.8. The van der Waals surface area contributed by atoms with E-state index < -0.39 is 10.0 Å². The molecule has 6 heteroatoms. The Morgan fingerprint density at radius 1 is 1.24 bits per heavy atom. The molecule has 2 aliphatic heterocycles. The number of methoxy groups -OCH3 is 1.